The number of hydrogen-bond acceptors (Lipinski definition) is 1. The van der Waals surface area contributed by atoms with E-state index in [9.17, 15) is 0 Å². The van der Waals surface area contributed by atoms with Gasteiger partial charge in [0.1, 0.15) is 0 Å². The van der Waals surface area contributed by atoms with Gasteiger partial charge >= 0.3 is 0 Å². The maximum absolute atomic E-state index is 3.67. The Morgan fingerprint density at radius 1 is 1.36 bits per heavy atom. The molecule has 3 heteroatoms. The fourth-order valence-corrected chi connectivity index (χ4v) is 0.215. The van der Waals surface area contributed by atoms with Gasteiger partial charge in [-0.1, -0.05) is 32.6 Å². The number of nitrogens with zero attached hydrogens (tertiary/aromatic N) is 1. The van der Waals surface area contributed by atoms with E-state index in [4.69, 9.17) is 0 Å². The van der Waals surface area contributed by atoms with E-state index in [0.717, 1.165) is 0 Å². The van der Waals surface area contributed by atoms with Gasteiger partial charge in [-0.3, -0.25) is 0 Å². The van der Waals surface area contributed by atoms with Crippen molar-refractivity contribution in [2.45, 2.75) is 32.6 Å². The molecule has 0 aromatic carbocycles. The van der Waals surface area contributed by atoms with Gasteiger partial charge in [-0.25, -0.2) is 4.98 Å². The van der Waals surface area contributed by atoms with E-state index in [2.05, 4.69) is 36.5 Å². The summed E-state index contributed by atoms with van der Waals surface area (Å²) in [7, 11) is -0.631. The molecule has 1 aromatic rings. The van der Waals surface area contributed by atoms with Crippen LogP contribution in [0.4, 0.5) is 0 Å². The summed E-state index contributed by atoms with van der Waals surface area (Å²) in [6.45, 7) is 9.42. The van der Waals surface area contributed by atoms with Crippen molar-refractivity contribution in [3.8, 4) is 0 Å². The summed E-state index contributed by atoms with van der Waals surface area (Å²) in [6, 6.07) is 1.41. The van der Waals surface area contributed by atoms with Crippen LogP contribution in [0.5, 0.6) is 0 Å². The monoisotopic (exact) mass is 170 g/mol. The SMILES string of the molecule is CC[Si](C)(C)C.c1c[nH]cn1. The van der Waals surface area contributed by atoms with Gasteiger partial charge in [0.15, 0.2) is 0 Å². The summed E-state index contributed by atoms with van der Waals surface area (Å²) in [5, 5.41) is 0. The lowest BCUT2D eigenvalue weighted by Gasteiger charge is -2.09. The maximum atomic E-state index is 3.67. The molecular formula is C8H18N2Si. The molecule has 2 nitrogen and oxygen atoms in total. The Labute approximate surface area is 70.1 Å². The van der Waals surface area contributed by atoms with Crippen molar-refractivity contribution in [2.75, 3.05) is 0 Å². The molecule has 0 unspecified atom stereocenters. The van der Waals surface area contributed by atoms with Crippen LogP contribution in [-0.2, 0) is 0 Å². The normalized spacial score (nSPS) is 10.2. The Morgan fingerprint density at radius 3 is 2.00 bits per heavy atom. The first-order valence-corrected chi connectivity index (χ1v) is 7.69. The molecule has 0 amide bonds. The summed E-state index contributed by atoms with van der Waals surface area (Å²) >= 11 is 0. The number of aromatic amines is 1. The van der Waals surface area contributed by atoms with Crippen LogP contribution in [0.3, 0.4) is 0 Å². The third kappa shape index (κ3) is 9.43. The van der Waals surface area contributed by atoms with E-state index >= 15 is 0 Å². The molecule has 11 heavy (non-hydrogen) atoms. The second-order valence-corrected chi connectivity index (χ2v) is 9.50. The van der Waals surface area contributed by atoms with Gasteiger partial charge in [0.05, 0.1) is 6.33 Å². The third-order valence-electron chi connectivity index (χ3n) is 1.47. The summed E-state index contributed by atoms with van der Waals surface area (Å²) in [5.74, 6) is 0. The lowest BCUT2D eigenvalue weighted by atomic mass is 11.0. The van der Waals surface area contributed by atoms with Crippen LogP contribution >= 0.6 is 0 Å². The molecule has 0 aliphatic carbocycles. The van der Waals surface area contributed by atoms with Crippen LogP contribution in [0.2, 0.25) is 25.7 Å². The second kappa shape index (κ2) is 5.13. The molecule has 0 saturated carbocycles. The lowest BCUT2D eigenvalue weighted by Crippen LogP contribution is -2.16. The zero-order chi connectivity index (χ0) is 8.74. The summed E-state index contributed by atoms with van der Waals surface area (Å²) in [6.07, 6.45) is 5.08. The average Bonchev–Trinajstić information content (AvgIpc) is 2.41. The molecule has 0 bridgehead atoms. The Balaban J connectivity index is 0.000000183. The lowest BCUT2D eigenvalue weighted by molar-refractivity contribution is 1.31. The summed E-state index contributed by atoms with van der Waals surface area (Å²) in [5.41, 5.74) is 0. The smallest absolute Gasteiger partial charge is 0.0919 e. The van der Waals surface area contributed by atoms with Gasteiger partial charge in [0, 0.05) is 20.5 Å². The number of rotatable bonds is 1. The molecule has 1 aromatic heterocycles. The zero-order valence-electron chi connectivity index (χ0n) is 7.89. The number of imidazole rings is 1. The van der Waals surface area contributed by atoms with E-state index in [1.54, 1.807) is 18.7 Å². The quantitative estimate of drug-likeness (QED) is 0.645. The van der Waals surface area contributed by atoms with Crippen molar-refractivity contribution in [3.63, 3.8) is 0 Å². The largest absolute Gasteiger partial charge is 0.351 e. The van der Waals surface area contributed by atoms with E-state index in [-0.39, 0.29) is 0 Å². The van der Waals surface area contributed by atoms with E-state index < -0.39 is 8.07 Å². The predicted molar refractivity (Wildman–Crippen MR) is 52.4 cm³/mol. The Morgan fingerprint density at radius 2 is 1.91 bits per heavy atom. The van der Waals surface area contributed by atoms with E-state index in [0.29, 0.717) is 0 Å². The van der Waals surface area contributed by atoms with Crippen molar-refractivity contribution in [2.24, 2.45) is 0 Å². The number of H-pyrrole nitrogens is 1. The minimum Gasteiger partial charge on any atom is -0.351 e. The van der Waals surface area contributed by atoms with Gasteiger partial charge in [-0.05, 0) is 0 Å². The standard InChI is InChI=1S/C5H14Si.C3H4N2/c1-5-6(2,3)4;1-2-5-3-4-1/h5H2,1-4H3;1-3H,(H,4,5). The molecule has 1 heterocycles. The third-order valence-corrected chi connectivity index (χ3v) is 3.59. The fraction of sp³-hybridized carbons (Fsp3) is 0.625. The van der Waals surface area contributed by atoms with Gasteiger partial charge < -0.3 is 4.98 Å². The van der Waals surface area contributed by atoms with Gasteiger partial charge in [-0.15, -0.1) is 0 Å². The highest BCUT2D eigenvalue weighted by atomic mass is 28.3. The Kier molecular flexibility index (Phi) is 4.86. The van der Waals surface area contributed by atoms with Crippen LogP contribution in [0.1, 0.15) is 6.92 Å². The Hall–Kier alpha value is -0.573. The van der Waals surface area contributed by atoms with Crippen molar-refractivity contribution in [1.82, 2.24) is 9.97 Å². The molecule has 1 rings (SSSR count). The topological polar surface area (TPSA) is 28.7 Å². The summed E-state index contributed by atoms with van der Waals surface area (Å²) in [4.78, 5) is 6.42. The first kappa shape index (κ1) is 10.4. The van der Waals surface area contributed by atoms with E-state index in [1.807, 2.05) is 0 Å². The molecule has 0 radical (unpaired) electrons. The van der Waals surface area contributed by atoms with Crippen molar-refractivity contribution < 1.29 is 0 Å². The maximum Gasteiger partial charge on any atom is 0.0919 e. The molecule has 1 N–H and O–H groups in total. The van der Waals surface area contributed by atoms with Gasteiger partial charge in [0.2, 0.25) is 0 Å². The molecule has 0 aliphatic heterocycles. The highest BCUT2D eigenvalue weighted by Gasteiger charge is 2.06. The second-order valence-electron chi connectivity index (χ2n) is 3.67. The molecule has 0 fully saturated rings. The minimum absolute atomic E-state index is 0.631. The van der Waals surface area contributed by atoms with Crippen molar-refractivity contribution in [1.29, 1.82) is 0 Å². The molecule has 0 spiro atoms. The predicted octanol–water partition coefficient (Wildman–Crippen LogP) is 2.75. The zero-order valence-corrected chi connectivity index (χ0v) is 8.89. The molecule has 64 valence electrons. The van der Waals surface area contributed by atoms with Crippen LogP contribution in [0.15, 0.2) is 18.7 Å². The van der Waals surface area contributed by atoms with Crippen LogP contribution in [0.25, 0.3) is 0 Å². The summed E-state index contributed by atoms with van der Waals surface area (Å²) < 4.78 is 0. The number of nitrogens with one attached hydrogen (secondary N) is 1. The van der Waals surface area contributed by atoms with Crippen LogP contribution < -0.4 is 0 Å². The number of aromatic nitrogens is 2. The van der Waals surface area contributed by atoms with Crippen LogP contribution in [0, 0.1) is 0 Å². The van der Waals surface area contributed by atoms with Gasteiger partial charge in [0.25, 0.3) is 0 Å². The highest BCUT2D eigenvalue weighted by molar-refractivity contribution is 6.75. The molecule has 0 atom stereocenters. The van der Waals surface area contributed by atoms with E-state index in [1.165, 1.54) is 6.04 Å². The molecule has 0 aliphatic rings. The first-order chi connectivity index (χ1) is 5.06. The van der Waals surface area contributed by atoms with Crippen molar-refractivity contribution in [3.05, 3.63) is 18.7 Å². The Bertz CT molecular complexity index is 136. The highest BCUT2D eigenvalue weighted by Crippen LogP contribution is 2.04. The minimum atomic E-state index is -0.631. The fourth-order valence-electron chi connectivity index (χ4n) is 0.215. The van der Waals surface area contributed by atoms with Crippen LogP contribution in [-0.4, -0.2) is 18.0 Å². The first-order valence-electron chi connectivity index (χ1n) is 3.99. The molecular weight excluding hydrogens is 152 g/mol. The van der Waals surface area contributed by atoms with Crippen molar-refractivity contribution >= 4 is 8.07 Å². The average molecular weight is 170 g/mol. The van der Waals surface area contributed by atoms with Gasteiger partial charge in [-0.2, -0.15) is 0 Å². The molecule has 0 saturated heterocycles. The number of hydrogen-bond donors (Lipinski definition) is 1.